The molecular formula is C47H66N8O7S. The average molecular weight is 887 g/mol. The van der Waals surface area contributed by atoms with Gasteiger partial charge in [0.25, 0.3) is 5.91 Å². The minimum atomic E-state index is -1.06. The Morgan fingerprint density at radius 3 is 2.56 bits per heavy atom. The lowest BCUT2D eigenvalue weighted by atomic mass is 9.84. The van der Waals surface area contributed by atoms with Crippen LogP contribution in [0.25, 0.3) is 33.4 Å². The molecule has 3 saturated heterocycles. The summed E-state index contributed by atoms with van der Waals surface area (Å²) in [7, 11) is 1.72. The number of aliphatic hydroxyl groups is 1. The SMILES string of the molecule is CCn1c(-c2cc(N3CCN4CCCCC4C3)cnc2[C@H](C)OC)c(CC(C)(C)CO)c2cc(-c3csc(CC(NC(=O)OC(C)(C)C)C(=O)N4CCCC(C(=O)O)N4)n3)ccc21. The van der Waals surface area contributed by atoms with Gasteiger partial charge in [0.1, 0.15) is 17.7 Å². The highest BCUT2D eigenvalue weighted by Crippen LogP contribution is 2.43. The lowest BCUT2D eigenvalue weighted by Gasteiger charge is -2.45. The second kappa shape index (κ2) is 19.2. The summed E-state index contributed by atoms with van der Waals surface area (Å²) >= 11 is 1.39. The molecule has 3 fully saturated rings. The van der Waals surface area contributed by atoms with Crippen LogP contribution >= 0.6 is 11.3 Å². The van der Waals surface area contributed by atoms with Gasteiger partial charge in [0.05, 0.1) is 40.1 Å². The van der Waals surface area contributed by atoms with Crippen molar-refractivity contribution >= 4 is 45.9 Å². The maximum absolute atomic E-state index is 13.9. The number of pyridine rings is 1. The number of carbonyl (C=O) groups is 3. The van der Waals surface area contributed by atoms with Gasteiger partial charge in [-0.05, 0) is 102 Å². The van der Waals surface area contributed by atoms with Crippen molar-refractivity contribution in [2.24, 2.45) is 5.41 Å². The maximum atomic E-state index is 13.9. The van der Waals surface area contributed by atoms with Crippen molar-refractivity contribution in [1.29, 1.82) is 0 Å². The highest BCUT2D eigenvalue weighted by molar-refractivity contribution is 7.10. The molecule has 0 radical (unpaired) electrons. The van der Waals surface area contributed by atoms with Gasteiger partial charge in [-0.3, -0.25) is 24.5 Å². The molecule has 4 atom stereocenters. The maximum Gasteiger partial charge on any atom is 0.408 e. The lowest BCUT2D eigenvalue weighted by molar-refractivity contribution is -0.147. The number of alkyl carbamates (subject to hydrolysis) is 1. The minimum absolute atomic E-state index is 0.00674. The number of fused-ring (bicyclic) bond motifs is 2. The molecule has 3 aliphatic rings. The monoisotopic (exact) mass is 886 g/mol. The molecule has 7 rings (SSSR count). The van der Waals surface area contributed by atoms with Gasteiger partial charge >= 0.3 is 12.1 Å². The number of carboxylic acid groups (broad SMARTS) is 1. The first-order valence-corrected chi connectivity index (χ1v) is 23.4. The predicted octanol–water partition coefficient (Wildman–Crippen LogP) is 6.81. The molecule has 0 spiro atoms. The predicted molar refractivity (Wildman–Crippen MR) is 246 cm³/mol. The number of hydrazine groups is 1. The third kappa shape index (κ3) is 10.5. The van der Waals surface area contributed by atoms with Gasteiger partial charge < -0.3 is 34.5 Å². The van der Waals surface area contributed by atoms with E-state index in [1.807, 2.05) is 18.5 Å². The second-order valence-corrected chi connectivity index (χ2v) is 20.1. The number of piperazine rings is 1. The van der Waals surface area contributed by atoms with Crippen LogP contribution in [0, 0.1) is 5.41 Å². The summed E-state index contributed by atoms with van der Waals surface area (Å²) in [5.74, 6) is -1.51. The average Bonchev–Trinajstić information content (AvgIpc) is 3.86. The Kier molecular flexibility index (Phi) is 14.2. The molecule has 4 N–H and O–H groups in total. The minimum Gasteiger partial charge on any atom is -0.480 e. The third-order valence-corrected chi connectivity index (χ3v) is 13.5. The Hall–Kier alpha value is -4.61. The van der Waals surface area contributed by atoms with E-state index < -0.39 is 41.1 Å². The summed E-state index contributed by atoms with van der Waals surface area (Å²) in [5, 5.41) is 28.0. The van der Waals surface area contributed by atoms with Crippen molar-refractivity contribution in [3.05, 3.63) is 52.1 Å². The van der Waals surface area contributed by atoms with Gasteiger partial charge in [-0.15, -0.1) is 11.3 Å². The number of methoxy groups -OCH3 is 1. The first-order chi connectivity index (χ1) is 30.0. The summed E-state index contributed by atoms with van der Waals surface area (Å²) in [6, 6.07) is 7.28. The number of piperidine rings is 1. The summed E-state index contributed by atoms with van der Waals surface area (Å²) in [5.41, 5.74) is 9.45. The summed E-state index contributed by atoms with van der Waals surface area (Å²) < 4.78 is 13.8. The number of benzene rings is 1. The van der Waals surface area contributed by atoms with E-state index >= 15 is 0 Å². The molecule has 63 heavy (non-hydrogen) atoms. The largest absolute Gasteiger partial charge is 0.480 e. The molecule has 0 bridgehead atoms. The van der Waals surface area contributed by atoms with Crippen LogP contribution in [-0.4, -0.2) is 123 Å². The van der Waals surface area contributed by atoms with Crippen molar-refractivity contribution in [2.75, 3.05) is 51.3 Å². The van der Waals surface area contributed by atoms with Crippen LogP contribution < -0.4 is 15.6 Å². The Bertz CT molecular complexity index is 2280. The fourth-order valence-electron chi connectivity index (χ4n) is 9.26. The third-order valence-electron chi connectivity index (χ3n) is 12.6. The quantitative estimate of drug-likeness (QED) is 0.104. The normalized spacial score (nSPS) is 19.8. The van der Waals surface area contributed by atoms with Crippen LogP contribution in [0.15, 0.2) is 35.8 Å². The molecule has 3 aliphatic heterocycles. The first-order valence-electron chi connectivity index (χ1n) is 22.5. The standard InChI is InChI=1S/C47H66N8O7S/c1-9-54-39-16-15-30(38-27-63-40(49-38)23-37(50-45(60)62-46(3,4)5)43(57)55-18-12-14-36(51-55)44(58)59)21-33(39)35(24-47(6,7)28-56)42(54)34-22-32(25-48-41(34)29(2)61-8)53-20-19-52-17-11-10-13-31(52)26-53/h15-16,21-22,25,27,29,31,36-37,51,56H,9-14,17-20,23-24,26,28H2,1-8H3,(H,50,60)(H,58,59)/t29-,31?,36?,37?/m0/s1. The molecule has 16 heteroatoms. The molecule has 342 valence electrons. The van der Waals surface area contributed by atoms with E-state index in [1.165, 1.54) is 42.2 Å². The van der Waals surface area contributed by atoms with Gasteiger partial charge in [-0.1, -0.05) is 26.3 Å². The second-order valence-electron chi connectivity index (χ2n) is 19.1. The number of amides is 2. The molecule has 3 aromatic heterocycles. The molecule has 6 heterocycles. The number of aliphatic hydroxyl groups excluding tert-OH is 1. The first kappa shape index (κ1) is 46.4. The number of ether oxygens (including phenoxy) is 2. The molecule has 3 unspecified atom stereocenters. The van der Waals surface area contributed by atoms with Crippen LogP contribution in [0.4, 0.5) is 10.5 Å². The number of rotatable bonds is 14. The van der Waals surface area contributed by atoms with E-state index in [9.17, 15) is 24.6 Å². The highest BCUT2D eigenvalue weighted by atomic mass is 32.1. The Morgan fingerprint density at radius 2 is 1.84 bits per heavy atom. The molecule has 0 saturated carbocycles. The Balaban J connectivity index is 1.27. The smallest absolute Gasteiger partial charge is 0.408 e. The van der Waals surface area contributed by atoms with Crippen LogP contribution in [0.2, 0.25) is 0 Å². The number of anilines is 1. The molecule has 1 aromatic carbocycles. The number of nitrogens with one attached hydrogen (secondary N) is 2. The summed E-state index contributed by atoms with van der Waals surface area (Å²) in [6.45, 7) is 18.8. The van der Waals surface area contributed by atoms with E-state index in [0.717, 1.165) is 70.0 Å². The lowest BCUT2D eigenvalue weighted by Crippen LogP contribution is -2.60. The van der Waals surface area contributed by atoms with Gasteiger partial charge in [0.15, 0.2) is 0 Å². The highest BCUT2D eigenvalue weighted by Gasteiger charge is 2.35. The van der Waals surface area contributed by atoms with Crippen molar-refractivity contribution in [3.63, 3.8) is 0 Å². The van der Waals surface area contributed by atoms with Crippen molar-refractivity contribution in [2.45, 2.75) is 130 Å². The Morgan fingerprint density at radius 1 is 1.05 bits per heavy atom. The number of carbonyl (C=O) groups excluding carboxylic acids is 2. The number of aryl methyl sites for hydroxylation is 1. The van der Waals surface area contributed by atoms with Crippen LogP contribution in [0.1, 0.15) is 103 Å². The fourth-order valence-corrected chi connectivity index (χ4v) is 10.1. The van der Waals surface area contributed by atoms with Gasteiger partial charge in [0, 0.05) is 86.3 Å². The fraction of sp³-hybridized carbons (Fsp3) is 0.596. The van der Waals surface area contributed by atoms with E-state index in [2.05, 4.69) is 70.1 Å². The molecule has 0 aliphatic carbocycles. The zero-order valence-corrected chi connectivity index (χ0v) is 39.0. The van der Waals surface area contributed by atoms with Gasteiger partial charge in [-0.25, -0.2) is 15.2 Å². The molecular weight excluding hydrogens is 821 g/mol. The van der Waals surface area contributed by atoms with Crippen LogP contribution in [0.5, 0.6) is 0 Å². The van der Waals surface area contributed by atoms with E-state index in [4.69, 9.17) is 19.4 Å². The topological polar surface area (TPSA) is 175 Å². The zero-order valence-electron chi connectivity index (χ0n) is 38.2. The number of hydrogen-bond donors (Lipinski definition) is 4. The van der Waals surface area contributed by atoms with Crippen LogP contribution in [0.3, 0.4) is 0 Å². The van der Waals surface area contributed by atoms with E-state index in [0.29, 0.717) is 43.4 Å². The number of carboxylic acids is 1. The zero-order chi connectivity index (χ0) is 45.2. The summed E-state index contributed by atoms with van der Waals surface area (Å²) in [4.78, 5) is 54.1. The van der Waals surface area contributed by atoms with Gasteiger partial charge in [-0.2, -0.15) is 0 Å². The van der Waals surface area contributed by atoms with Crippen LogP contribution in [-0.2, 0) is 38.4 Å². The molecule has 4 aromatic rings. The summed E-state index contributed by atoms with van der Waals surface area (Å²) in [6.07, 6.45) is 6.33. The van der Waals surface area contributed by atoms with Crippen molar-refractivity contribution in [3.8, 4) is 22.5 Å². The molecule has 2 amide bonds. The van der Waals surface area contributed by atoms with Gasteiger partial charge in [0.2, 0.25) is 0 Å². The van der Waals surface area contributed by atoms with E-state index in [-0.39, 0.29) is 19.1 Å². The Labute approximate surface area is 375 Å². The number of thiazole rings is 1. The van der Waals surface area contributed by atoms with E-state index in [1.54, 1.807) is 27.9 Å². The number of hydrogen-bond acceptors (Lipinski definition) is 12. The number of aromatic nitrogens is 3. The van der Waals surface area contributed by atoms with Crippen molar-refractivity contribution < 1.29 is 34.1 Å². The molecule has 15 nitrogen and oxygen atoms in total. The number of aliphatic carboxylic acids is 1. The number of nitrogens with zero attached hydrogens (tertiary/aromatic N) is 6. The van der Waals surface area contributed by atoms with Crippen molar-refractivity contribution in [1.82, 2.24) is 35.2 Å².